The molecule has 0 radical (unpaired) electrons. The minimum atomic E-state index is -0.465. The fraction of sp³-hybridized carbons (Fsp3) is 0.529. The zero-order valence-corrected chi connectivity index (χ0v) is 14.0. The molecule has 2 heterocycles. The van der Waals surface area contributed by atoms with Crippen molar-refractivity contribution in [3.8, 4) is 5.75 Å². The van der Waals surface area contributed by atoms with E-state index in [0.29, 0.717) is 13.1 Å². The van der Waals surface area contributed by atoms with Crippen LogP contribution in [0.25, 0.3) is 5.57 Å². The average molecular weight is 304 g/mol. The fourth-order valence-electron chi connectivity index (χ4n) is 2.29. The maximum atomic E-state index is 12.0. The van der Waals surface area contributed by atoms with E-state index in [-0.39, 0.29) is 6.09 Å². The lowest BCUT2D eigenvalue weighted by Gasteiger charge is -2.29. The van der Waals surface area contributed by atoms with Crippen LogP contribution in [0.4, 0.5) is 4.79 Å². The standard InChI is InChI=1S/C17H24N2O3/c1-12-11-18-14(10-15(12)21-5)13-6-8-19(9-7-13)16(20)22-17(2,3)4/h6,10-11H,7-9H2,1-5H3. The maximum Gasteiger partial charge on any atom is 0.410 e. The number of aromatic nitrogens is 1. The highest BCUT2D eigenvalue weighted by atomic mass is 16.6. The van der Waals surface area contributed by atoms with Gasteiger partial charge in [-0.3, -0.25) is 4.98 Å². The van der Waals surface area contributed by atoms with Gasteiger partial charge in [0, 0.05) is 30.9 Å². The van der Waals surface area contributed by atoms with Gasteiger partial charge in [0.25, 0.3) is 0 Å². The van der Waals surface area contributed by atoms with Gasteiger partial charge in [0.2, 0.25) is 0 Å². The van der Waals surface area contributed by atoms with Gasteiger partial charge in [0.1, 0.15) is 11.4 Å². The minimum Gasteiger partial charge on any atom is -0.496 e. The van der Waals surface area contributed by atoms with Crippen LogP contribution in [0.5, 0.6) is 5.75 Å². The summed E-state index contributed by atoms with van der Waals surface area (Å²) >= 11 is 0. The van der Waals surface area contributed by atoms with E-state index in [1.807, 2.05) is 46.0 Å². The molecular formula is C17H24N2O3. The number of rotatable bonds is 2. The predicted molar refractivity (Wildman–Crippen MR) is 85.9 cm³/mol. The van der Waals surface area contributed by atoms with Crippen molar-refractivity contribution < 1.29 is 14.3 Å². The van der Waals surface area contributed by atoms with Crippen molar-refractivity contribution in [1.29, 1.82) is 0 Å². The molecule has 1 aromatic heterocycles. The zero-order chi connectivity index (χ0) is 16.3. The van der Waals surface area contributed by atoms with Crippen LogP contribution in [-0.2, 0) is 4.74 Å². The number of aryl methyl sites for hydroxylation is 1. The van der Waals surface area contributed by atoms with Crippen LogP contribution in [0.2, 0.25) is 0 Å². The second-order valence-electron chi connectivity index (χ2n) is 6.44. The van der Waals surface area contributed by atoms with Crippen LogP contribution < -0.4 is 4.74 Å². The Morgan fingerprint density at radius 3 is 2.64 bits per heavy atom. The zero-order valence-electron chi connectivity index (χ0n) is 14.0. The topological polar surface area (TPSA) is 51.7 Å². The first kappa shape index (κ1) is 16.3. The number of methoxy groups -OCH3 is 1. The molecule has 0 aromatic carbocycles. The minimum absolute atomic E-state index is 0.266. The predicted octanol–water partition coefficient (Wildman–Crippen LogP) is 3.42. The first-order valence-electron chi connectivity index (χ1n) is 7.48. The summed E-state index contributed by atoms with van der Waals surface area (Å²) in [7, 11) is 1.66. The number of carbonyl (C=O) groups excluding carboxylic acids is 1. The quantitative estimate of drug-likeness (QED) is 0.840. The SMILES string of the molecule is COc1cc(C2=CCN(C(=O)OC(C)(C)C)CC2)ncc1C. The molecule has 0 saturated heterocycles. The molecule has 1 aromatic rings. The summed E-state index contributed by atoms with van der Waals surface area (Å²) in [5.74, 6) is 0.834. The number of hydrogen-bond donors (Lipinski definition) is 0. The Labute approximate surface area is 131 Å². The maximum absolute atomic E-state index is 12.0. The molecular weight excluding hydrogens is 280 g/mol. The second kappa shape index (κ2) is 6.38. The summed E-state index contributed by atoms with van der Waals surface area (Å²) in [4.78, 5) is 18.2. The number of pyridine rings is 1. The third kappa shape index (κ3) is 4.00. The largest absolute Gasteiger partial charge is 0.496 e. The van der Waals surface area contributed by atoms with Gasteiger partial charge in [-0.2, -0.15) is 0 Å². The second-order valence-corrected chi connectivity index (χ2v) is 6.44. The molecule has 0 saturated carbocycles. The molecule has 22 heavy (non-hydrogen) atoms. The number of hydrogen-bond acceptors (Lipinski definition) is 4. The van der Waals surface area contributed by atoms with Crippen molar-refractivity contribution in [2.45, 2.75) is 39.7 Å². The van der Waals surface area contributed by atoms with Gasteiger partial charge in [-0.1, -0.05) is 6.08 Å². The third-order valence-corrected chi connectivity index (χ3v) is 3.46. The summed E-state index contributed by atoms with van der Waals surface area (Å²) in [6.07, 6.45) is 4.34. The van der Waals surface area contributed by atoms with E-state index >= 15 is 0 Å². The van der Waals surface area contributed by atoms with E-state index < -0.39 is 5.60 Å². The van der Waals surface area contributed by atoms with E-state index in [1.165, 1.54) is 0 Å². The highest BCUT2D eigenvalue weighted by Gasteiger charge is 2.24. The van der Waals surface area contributed by atoms with Crippen LogP contribution in [0.15, 0.2) is 18.3 Å². The number of ether oxygens (including phenoxy) is 2. The Morgan fingerprint density at radius 1 is 1.36 bits per heavy atom. The van der Waals surface area contributed by atoms with Crippen molar-refractivity contribution in [2.75, 3.05) is 20.2 Å². The van der Waals surface area contributed by atoms with Gasteiger partial charge in [-0.05, 0) is 39.7 Å². The van der Waals surface area contributed by atoms with Gasteiger partial charge in [0.15, 0.2) is 0 Å². The molecule has 5 nitrogen and oxygen atoms in total. The van der Waals surface area contributed by atoms with Crippen LogP contribution in [0.1, 0.15) is 38.4 Å². The molecule has 0 unspecified atom stereocenters. The molecule has 1 aliphatic heterocycles. The number of nitrogens with zero attached hydrogens (tertiary/aromatic N) is 2. The van der Waals surface area contributed by atoms with Crippen molar-refractivity contribution in [3.63, 3.8) is 0 Å². The highest BCUT2D eigenvalue weighted by Crippen LogP contribution is 2.26. The van der Waals surface area contributed by atoms with E-state index in [0.717, 1.165) is 29.0 Å². The molecule has 0 N–H and O–H groups in total. The molecule has 1 aliphatic rings. The van der Waals surface area contributed by atoms with Crippen molar-refractivity contribution in [2.24, 2.45) is 0 Å². The van der Waals surface area contributed by atoms with Crippen LogP contribution in [-0.4, -0.2) is 41.8 Å². The van der Waals surface area contributed by atoms with Crippen LogP contribution >= 0.6 is 0 Å². The molecule has 0 atom stereocenters. The normalized spacial score (nSPS) is 15.3. The molecule has 0 bridgehead atoms. The first-order valence-corrected chi connectivity index (χ1v) is 7.48. The summed E-state index contributed by atoms with van der Waals surface area (Å²) in [6, 6.07) is 1.95. The lowest BCUT2D eigenvalue weighted by molar-refractivity contribution is 0.0270. The Hall–Kier alpha value is -2.04. The lowest BCUT2D eigenvalue weighted by Crippen LogP contribution is -2.39. The summed E-state index contributed by atoms with van der Waals surface area (Å²) in [5, 5.41) is 0. The molecule has 1 amide bonds. The number of amides is 1. The summed E-state index contributed by atoms with van der Waals surface area (Å²) in [6.45, 7) is 8.77. The van der Waals surface area contributed by atoms with E-state index in [4.69, 9.17) is 9.47 Å². The van der Waals surface area contributed by atoms with Crippen molar-refractivity contribution in [3.05, 3.63) is 29.6 Å². The van der Waals surface area contributed by atoms with Crippen LogP contribution in [0, 0.1) is 6.92 Å². The molecule has 0 fully saturated rings. The molecule has 2 rings (SSSR count). The van der Waals surface area contributed by atoms with Gasteiger partial charge >= 0.3 is 6.09 Å². The Morgan fingerprint density at radius 2 is 2.09 bits per heavy atom. The van der Waals surface area contributed by atoms with Gasteiger partial charge < -0.3 is 14.4 Å². The van der Waals surface area contributed by atoms with Gasteiger partial charge in [-0.25, -0.2) is 4.79 Å². The average Bonchev–Trinajstić information content (AvgIpc) is 2.46. The Balaban J connectivity index is 2.07. The highest BCUT2D eigenvalue weighted by molar-refractivity contribution is 5.72. The Kier molecular flexibility index (Phi) is 4.74. The summed E-state index contributed by atoms with van der Waals surface area (Å²) < 4.78 is 10.7. The van der Waals surface area contributed by atoms with Crippen molar-refractivity contribution >= 4 is 11.7 Å². The van der Waals surface area contributed by atoms with Crippen molar-refractivity contribution in [1.82, 2.24) is 9.88 Å². The van der Waals surface area contributed by atoms with E-state index in [9.17, 15) is 4.79 Å². The smallest absolute Gasteiger partial charge is 0.410 e. The Bertz CT molecular complexity index is 588. The molecule has 120 valence electrons. The molecule has 5 heteroatoms. The van der Waals surface area contributed by atoms with Gasteiger partial charge in [0.05, 0.1) is 12.8 Å². The number of carbonyl (C=O) groups is 1. The third-order valence-electron chi connectivity index (χ3n) is 3.46. The van der Waals surface area contributed by atoms with Gasteiger partial charge in [-0.15, -0.1) is 0 Å². The van der Waals surface area contributed by atoms with Crippen LogP contribution in [0.3, 0.4) is 0 Å². The monoisotopic (exact) mass is 304 g/mol. The van der Waals surface area contributed by atoms with E-state index in [2.05, 4.69) is 4.98 Å². The first-order chi connectivity index (χ1) is 10.3. The fourth-order valence-corrected chi connectivity index (χ4v) is 2.29. The molecule has 0 aliphatic carbocycles. The lowest BCUT2D eigenvalue weighted by atomic mass is 10.0. The van der Waals surface area contributed by atoms with E-state index in [1.54, 1.807) is 12.0 Å². The summed E-state index contributed by atoms with van der Waals surface area (Å²) in [5.41, 5.74) is 2.59. The molecule has 0 spiro atoms.